The molecule has 1 N–H and O–H groups in total. The summed E-state index contributed by atoms with van der Waals surface area (Å²) in [6.45, 7) is 7.23. The lowest BCUT2D eigenvalue weighted by atomic mass is 9.86. The van der Waals surface area contributed by atoms with E-state index < -0.39 is 10.0 Å². The van der Waals surface area contributed by atoms with Gasteiger partial charge in [-0.05, 0) is 48.1 Å². The van der Waals surface area contributed by atoms with Crippen LogP contribution in [0.25, 0.3) is 0 Å². The number of nitrogens with zero attached hydrogens (tertiary/aromatic N) is 1. The van der Waals surface area contributed by atoms with E-state index in [1.807, 2.05) is 24.3 Å². The molecule has 0 aromatic heterocycles. The predicted molar refractivity (Wildman–Crippen MR) is 111 cm³/mol. The van der Waals surface area contributed by atoms with Gasteiger partial charge in [-0.25, -0.2) is 8.42 Å². The number of nitrogens with one attached hydrogen (secondary N) is 1. The molecule has 0 saturated carbocycles. The molecule has 2 aromatic rings. The van der Waals surface area contributed by atoms with Crippen molar-refractivity contribution in [2.24, 2.45) is 0 Å². The van der Waals surface area contributed by atoms with Crippen LogP contribution in [0.1, 0.15) is 49.5 Å². The van der Waals surface area contributed by atoms with Crippen LogP contribution in [0.4, 0.5) is 0 Å². The number of benzene rings is 2. The van der Waals surface area contributed by atoms with Gasteiger partial charge in [-0.2, -0.15) is 4.31 Å². The van der Waals surface area contributed by atoms with Gasteiger partial charge in [0.25, 0.3) is 5.91 Å². The number of amides is 1. The van der Waals surface area contributed by atoms with Crippen molar-refractivity contribution in [3.63, 3.8) is 0 Å². The molecule has 0 unspecified atom stereocenters. The fourth-order valence-corrected chi connectivity index (χ4v) is 4.86. The maximum absolute atomic E-state index is 12.7. The summed E-state index contributed by atoms with van der Waals surface area (Å²) in [6, 6.07) is 16.2. The van der Waals surface area contributed by atoms with Gasteiger partial charge in [0.2, 0.25) is 10.0 Å². The van der Waals surface area contributed by atoms with Gasteiger partial charge in [0, 0.05) is 24.7 Å². The highest BCUT2D eigenvalue weighted by Gasteiger charge is 2.30. The number of sulfonamides is 1. The SMILES string of the molecule is CC(C)(C)c1ccc(C(=O)NC2CCN(S(=O)(=O)c3ccccc3)CC2)cc1. The zero-order valence-corrected chi connectivity index (χ0v) is 17.5. The fraction of sp³-hybridized carbons (Fsp3) is 0.409. The molecule has 1 aliphatic rings. The standard InChI is InChI=1S/C22H28N2O3S/c1-22(2,3)18-11-9-17(10-12-18)21(25)23-19-13-15-24(16-14-19)28(26,27)20-7-5-4-6-8-20/h4-12,19H,13-16H2,1-3H3,(H,23,25). The Morgan fingerprint density at radius 3 is 2.07 bits per heavy atom. The van der Waals surface area contributed by atoms with Gasteiger partial charge in [-0.3, -0.25) is 4.79 Å². The van der Waals surface area contributed by atoms with Gasteiger partial charge in [-0.15, -0.1) is 0 Å². The van der Waals surface area contributed by atoms with Crippen LogP contribution in [0.3, 0.4) is 0 Å². The molecule has 28 heavy (non-hydrogen) atoms. The summed E-state index contributed by atoms with van der Waals surface area (Å²) in [4.78, 5) is 12.8. The number of hydrogen-bond acceptors (Lipinski definition) is 3. The first-order valence-corrected chi connectivity index (χ1v) is 11.1. The highest BCUT2D eigenvalue weighted by Crippen LogP contribution is 2.23. The smallest absolute Gasteiger partial charge is 0.251 e. The fourth-order valence-electron chi connectivity index (χ4n) is 3.37. The highest BCUT2D eigenvalue weighted by atomic mass is 32.2. The Bertz CT molecular complexity index is 909. The molecule has 2 aromatic carbocycles. The predicted octanol–water partition coefficient (Wildman–Crippen LogP) is 3.57. The molecule has 1 aliphatic heterocycles. The number of hydrogen-bond donors (Lipinski definition) is 1. The molecular formula is C22H28N2O3S. The molecule has 1 heterocycles. The third kappa shape index (κ3) is 4.62. The zero-order valence-electron chi connectivity index (χ0n) is 16.7. The van der Waals surface area contributed by atoms with E-state index in [1.54, 1.807) is 30.3 Å². The molecule has 1 amide bonds. The Kier molecular flexibility index (Phi) is 5.91. The van der Waals surface area contributed by atoms with Gasteiger partial charge < -0.3 is 5.32 Å². The first-order valence-electron chi connectivity index (χ1n) is 9.64. The van der Waals surface area contributed by atoms with Crippen LogP contribution in [-0.2, 0) is 15.4 Å². The second-order valence-electron chi connectivity index (χ2n) is 8.29. The summed E-state index contributed by atoms with van der Waals surface area (Å²) in [7, 11) is -3.46. The molecule has 1 fully saturated rings. The van der Waals surface area contributed by atoms with E-state index >= 15 is 0 Å². The number of piperidine rings is 1. The molecule has 0 spiro atoms. The largest absolute Gasteiger partial charge is 0.349 e. The Balaban J connectivity index is 1.58. The van der Waals surface area contributed by atoms with E-state index in [9.17, 15) is 13.2 Å². The van der Waals surface area contributed by atoms with E-state index in [2.05, 4.69) is 26.1 Å². The lowest BCUT2D eigenvalue weighted by Crippen LogP contribution is -2.46. The summed E-state index contributed by atoms with van der Waals surface area (Å²) in [5.41, 5.74) is 1.86. The second kappa shape index (κ2) is 8.05. The third-order valence-electron chi connectivity index (χ3n) is 5.18. The minimum atomic E-state index is -3.46. The molecule has 150 valence electrons. The number of rotatable bonds is 4. The molecule has 0 bridgehead atoms. The Hall–Kier alpha value is -2.18. The summed E-state index contributed by atoms with van der Waals surface area (Å²) in [5, 5.41) is 3.04. The van der Waals surface area contributed by atoms with E-state index in [1.165, 1.54) is 9.87 Å². The molecule has 5 nitrogen and oxygen atoms in total. The summed E-state index contributed by atoms with van der Waals surface area (Å²) >= 11 is 0. The first-order chi connectivity index (χ1) is 13.2. The monoisotopic (exact) mass is 400 g/mol. The van der Waals surface area contributed by atoms with Crippen molar-refractivity contribution < 1.29 is 13.2 Å². The van der Waals surface area contributed by atoms with Gasteiger partial charge >= 0.3 is 0 Å². The van der Waals surface area contributed by atoms with E-state index in [0.717, 1.165) is 0 Å². The van der Waals surface area contributed by atoms with Crippen molar-refractivity contribution in [1.82, 2.24) is 9.62 Å². The maximum Gasteiger partial charge on any atom is 0.251 e. The van der Waals surface area contributed by atoms with Crippen LogP contribution in [0.2, 0.25) is 0 Å². The van der Waals surface area contributed by atoms with Gasteiger partial charge in [0.15, 0.2) is 0 Å². The zero-order chi connectivity index (χ0) is 20.4. The average molecular weight is 401 g/mol. The summed E-state index contributed by atoms with van der Waals surface area (Å²) in [5.74, 6) is -0.107. The summed E-state index contributed by atoms with van der Waals surface area (Å²) < 4.78 is 26.9. The lowest BCUT2D eigenvalue weighted by molar-refractivity contribution is 0.0924. The number of carbonyl (C=O) groups excluding carboxylic acids is 1. The number of carbonyl (C=O) groups is 1. The normalized spacial score (nSPS) is 16.7. The average Bonchev–Trinajstić information content (AvgIpc) is 2.68. The van der Waals surface area contributed by atoms with Gasteiger partial charge in [0.1, 0.15) is 0 Å². The second-order valence-corrected chi connectivity index (χ2v) is 10.2. The quantitative estimate of drug-likeness (QED) is 0.853. The van der Waals surface area contributed by atoms with Crippen LogP contribution in [0.5, 0.6) is 0 Å². The molecule has 0 atom stereocenters. The third-order valence-corrected chi connectivity index (χ3v) is 7.10. The van der Waals surface area contributed by atoms with Crippen LogP contribution >= 0.6 is 0 Å². The van der Waals surface area contributed by atoms with Gasteiger partial charge in [0.05, 0.1) is 4.90 Å². The van der Waals surface area contributed by atoms with Crippen LogP contribution < -0.4 is 5.32 Å². The van der Waals surface area contributed by atoms with E-state index in [-0.39, 0.29) is 17.4 Å². The minimum Gasteiger partial charge on any atom is -0.349 e. The Morgan fingerprint density at radius 1 is 0.964 bits per heavy atom. The molecular weight excluding hydrogens is 372 g/mol. The minimum absolute atomic E-state index is 0.0167. The van der Waals surface area contributed by atoms with Gasteiger partial charge in [-0.1, -0.05) is 51.1 Å². The molecule has 3 rings (SSSR count). The first kappa shape index (κ1) is 20.6. The van der Waals surface area contributed by atoms with Crippen molar-refractivity contribution in [2.75, 3.05) is 13.1 Å². The van der Waals surface area contributed by atoms with Crippen molar-refractivity contribution in [3.05, 3.63) is 65.7 Å². The van der Waals surface area contributed by atoms with Crippen LogP contribution in [0, 0.1) is 0 Å². The summed E-state index contributed by atoms with van der Waals surface area (Å²) in [6.07, 6.45) is 1.22. The van der Waals surface area contributed by atoms with E-state index in [0.29, 0.717) is 36.4 Å². The lowest BCUT2D eigenvalue weighted by Gasteiger charge is -2.31. The van der Waals surface area contributed by atoms with Crippen molar-refractivity contribution in [3.8, 4) is 0 Å². The Morgan fingerprint density at radius 2 is 1.54 bits per heavy atom. The molecule has 0 radical (unpaired) electrons. The van der Waals surface area contributed by atoms with Crippen molar-refractivity contribution in [1.29, 1.82) is 0 Å². The topological polar surface area (TPSA) is 66.5 Å². The molecule has 6 heteroatoms. The van der Waals surface area contributed by atoms with Crippen LogP contribution in [-0.4, -0.2) is 37.8 Å². The molecule has 1 saturated heterocycles. The van der Waals surface area contributed by atoms with Crippen LogP contribution in [0.15, 0.2) is 59.5 Å². The Labute approximate surface area is 167 Å². The maximum atomic E-state index is 12.7. The molecule has 0 aliphatic carbocycles. The van der Waals surface area contributed by atoms with Crippen molar-refractivity contribution >= 4 is 15.9 Å². The highest BCUT2D eigenvalue weighted by molar-refractivity contribution is 7.89. The van der Waals surface area contributed by atoms with Crippen molar-refractivity contribution in [2.45, 2.75) is 50.0 Å². The van der Waals surface area contributed by atoms with E-state index in [4.69, 9.17) is 0 Å².